The van der Waals surface area contributed by atoms with Crippen molar-refractivity contribution in [1.82, 2.24) is 10.2 Å². The molecule has 3 nitrogen and oxygen atoms in total. The second-order valence-corrected chi connectivity index (χ2v) is 7.08. The SMILES string of the molecule is O=C(c1ccc(Cl)cc1Cl)N1CCCC2(CCCNC2)C1. The number of hydrogen-bond acceptors (Lipinski definition) is 2. The number of hydrogen-bond donors (Lipinski definition) is 1. The van der Waals surface area contributed by atoms with Gasteiger partial charge in [0.15, 0.2) is 0 Å². The van der Waals surface area contributed by atoms with Crippen molar-refractivity contribution in [2.45, 2.75) is 25.7 Å². The number of carbonyl (C=O) groups is 1. The fraction of sp³-hybridized carbons (Fsp3) is 0.562. The summed E-state index contributed by atoms with van der Waals surface area (Å²) in [6.07, 6.45) is 4.68. The van der Waals surface area contributed by atoms with Crippen molar-refractivity contribution in [3.05, 3.63) is 33.8 Å². The van der Waals surface area contributed by atoms with Crippen molar-refractivity contribution < 1.29 is 4.79 Å². The van der Waals surface area contributed by atoms with Gasteiger partial charge >= 0.3 is 0 Å². The van der Waals surface area contributed by atoms with Crippen molar-refractivity contribution in [3.63, 3.8) is 0 Å². The van der Waals surface area contributed by atoms with Crippen LogP contribution in [-0.2, 0) is 0 Å². The molecule has 2 saturated heterocycles. The summed E-state index contributed by atoms with van der Waals surface area (Å²) < 4.78 is 0. The third-order valence-electron chi connectivity index (χ3n) is 4.67. The van der Waals surface area contributed by atoms with E-state index in [0.717, 1.165) is 32.6 Å². The maximum Gasteiger partial charge on any atom is 0.255 e. The number of piperidine rings is 2. The molecule has 3 rings (SSSR count). The van der Waals surface area contributed by atoms with Gasteiger partial charge in [-0.3, -0.25) is 4.79 Å². The lowest BCUT2D eigenvalue weighted by Crippen LogP contribution is -2.52. The molecule has 0 radical (unpaired) electrons. The summed E-state index contributed by atoms with van der Waals surface area (Å²) in [4.78, 5) is 14.7. The largest absolute Gasteiger partial charge is 0.338 e. The molecule has 114 valence electrons. The molecule has 1 amide bonds. The van der Waals surface area contributed by atoms with E-state index in [4.69, 9.17) is 23.2 Å². The fourth-order valence-corrected chi connectivity index (χ4v) is 4.08. The zero-order valence-electron chi connectivity index (χ0n) is 12.0. The Morgan fingerprint density at radius 3 is 2.76 bits per heavy atom. The summed E-state index contributed by atoms with van der Waals surface area (Å²) in [5.41, 5.74) is 0.812. The normalized spacial score (nSPS) is 26.1. The molecule has 0 saturated carbocycles. The highest BCUT2D eigenvalue weighted by molar-refractivity contribution is 6.36. The molecule has 0 aromatic heterocycles. The third kappa shape index (κ3) is 3.20. The first kappa shape index (κ1) is 15.1. The summed E-state index contributed by atoms with van der Waals surface area (Å²) in [6.45, 7) is 3.77. The number of halogens is 2. The van der Waals surface area contributed by atoms with Gasteiger partial charge in [0.05, 0.1) is 10.6 Å². The molecule has 1 N–H and O–H groups in total. The highest BCUT2D eigenvalue weighted by atomic mass is 35.5. The van der Waals surface area contributed by atoms with Gasteiger partial charge in [0.1, 0.15) is 0 Å². The molecule has 5 heteroatoms. The van der Waals surface area contributed by atoms with Crippen LogP contribution in [0.15, 0.2) is 18.2 Å². The Balaban J connectivity index is 1.77. The van der Waals surface area contributed by atoms with Gasteiger partial charge in [0.2, 0.25) is 0 Å². The lowest BCUT2D eigenvalue weighted by molar-refractivity contribution is 0.0434. The minimum atomic E-state index is 0.0290. The van der Waals surface area contributed by atoms with Crippen molar-refractivity contribution in [3.8, 4) is 0 Å². The van der Waals surface area contributed by atoms with Gasteiger partial charge in [-0.25, -0.2) is 0 Å². The average molecular weight is 327 g/mol. The summed E-state index contributed by atoms with van der Waals surface area (Å²) in [5, 5.41) is 4.48. The second-order valence-electron chi connectivity index (χ2n) is 6.23. The minimum absolute atomic E-state index is 0.0290. The molecular weight excluding hydrogens is 307 g/mol. The molecule has 2 fully saturated rings. The number of nitrogens with one attached hydrogen (secondary N) is 1. The Kier molecular flexibility index (Phi) is 4.43. The summed E-state index contributed by atoms with van der Waals surface area (Å²) in [5.74, 6) is 0.0290. The minimum Gasteiger partial charge on any atom is -0.338 e. The lowest BCUT2D eigenvalue weighted by Gasteiger charge is -2.45. The van der Waals surface area contributed by atoms with Crippen LogP contribution in [0.3, 0.4) is 0 Å². The van der Waals surface area contributed by atoms with Crippen molar-refractivity contribution in [2.75, 3.05) is 26.2 Å². The number of likely N-dealkylation sites (tertiary alicyclic amines) is 1. The predicted molar refractivity (Wildman–Crippen MR) is 86.1 cm³/mol. The number of carbonyl (C=O) groups excluding carboxylic acids is 1. The van der Waals surface area contributed by atoms with Gasteiger partial charge < -0.3 is 10.2 Å². The van der Waals surface area contributed by atoms with Crippen LogP contribution in [0.2, 0.25) is 10.0 Å². The van der Waals surface area contributed by atoms with E-state index >= 15 is 0 Å². The van der Waals surface area contributed by atoms with Gasteiger partial charge in [-0.1, -0.05) is 23.2 Å². The van der Waals surface area contributed by atoms with E-state index in [9.17, 15) is 4.79 Å². The average Bonchev–Trinajstić information content (AvgIpc) is 2.47. The third-order valence-corrected chi connectivity index (χ3v) is 5.22. The monoisotopic (exact) mass is 326 g/mol. The van der Waals surface area contributed by atoms with E-state index in [1.807, 2.05) is 4.90 Å². The first-order chi connectivity index (χ1) is 10.1. The van der Waals surface area contributed by atoms with Crippen molar-refractivity contribution in [2.24, 2.45) is 5.41 Å². The Bertz CT molecular complexity index is 536. The lowest BCUT2D eigenvalue weighted by atomic mass is 9.74. The molecule has 1 spiro atoms. The topological polar surface area (TPSA) is 32.3 Å². The molecule has 21 heavy (non-hydrogen) atoms. The van der Waals surface area contributed by atoms with E-state index in [1.54, 1.807) is 18.2 Å². The Morgan fingerprint density at radius 1 is 1.24 bits per heavy atom. The molecule has 0 aliphatic carbocycles. The van der Waals surface area contributed by atoms with E-state index in [0.29, 0.717) is 15.6 Å². The number of benzene rings is 1. The van der Waals surface area contributed by atoms with E-state index in [-0.39, 0.29) is 11.3 Å². The molecule has 2 aliphatic heterocycles. The molecule has 2 aliphatic rings. The Labute approximate surface area is 135 Å². The summed E-state index contributed by atoms with van der Waals surface area (Å²) >= 11 is 12.1. The number of rotatable bonds is 1. The van der Waals surface area contributed by atoms with Crippen LogP contribution in [-0.4, -0.2) is 37.0 Å². The summed E-state index contributed by atoms with van der Waals surface area (Å²) in [7, 11) is 0. The molecule has 1 aromatic carbocycles. The first-order valence-corrected chi connectivity index (χ1v) is 8.30. The molecule has 1 atom stereocenters. The molecule has 2 heterocycles. The van der Waals surface area contributed by atoms with Gasteiger partial charge in [-0.15, -0.1) is 0 Å². The van der Waals surface area contributed by atoms with Gasteiger partial charge in [-0.2, -0.15) is 0 Å². The van der Waals surface area contributed by atoms with Gasteiger partial charge in [-0.05, 0) is 50.4 Å². The second kappa shape index (κ2) is 6.15. The maximum absolute atomic E-state index is 12.7. The zero-order chi connectivity index (χ0) is 14.9. The highest BCUT2D eigenvalue weighted by Crippen LogP contribution is 2.36. The van der Waals surface area contributed by atoms with Crippen LogP contribution in [0, 0.1) is 5.41 Å². The standard InChI is InChI=1S/C16H20Cl2N2O/c17-12-3-4-13(14(18)9-12)15(21)20-8-2-6-16(11-20)5-1-7-19-10-16/h3-4,9,19H,1-2,5-8,10-11H2. The zero-order valence-corrected chi connectivity index (χ0v) is 13.5. The molecule has 1 unspecified atom stereocenters. The quantitative estimate of drug-likeness (QED) is 0.855. The van der Waals surface area contributed by atoms with E-state index in [2.05, 4.69) is 5.32 Å². The van der Waals surface area contributed by atoms with Gasteiger partial charge in [0, 0.05) is 30.1 Å². The highest BCUT2D eigenvalue weighted by Gasteiger charge is 2.38. The van der Waals surface area contributed by atoms with Gasteiger partial charge in [0.25, 0.3) is 5.91 Å². The van der Waals surface area contributed by atoms with Crippen LogP contribution < -0.4 is 5.32 Å². The fourth-order valence-electron chi connectivity index (χ4n) is 3.59. The number of nitrogens with zero attached hydrogens (tertiary/aromatic N) is 1. The van der Waals surface area contributed by atoms with Crippen LogP contribution in [0.5, 0.6) is 0 Å². The Hall–Kier alpha value is -0.770. The predicted octanol–water partition coefficient (Wildman–Crippen LogP) is 3.60. The van der Waals surface area contributed by atoms with Crippen molar-refractivity contribution >= 4 is 29.1 Å². The summed E-state index contributed by atoms with van der Waals surface area (Å²) in [6, 6.07) is 5.09. The van der Waals surface area contributed by atoms with Crippen LogP contribution in [0.1, 0.15) is 36.0 Å². The van der Waals surface area contributed by atoms with Crippen LogP contribution >= 0.6 is 23.2 Å². The maximum atomic E-state index is 12.7. The number of amides is 1. The molecular formula is C16H20Cl2N2O. The molecule has 1 aromatic rings. The van der Waals surface area contributed by atoms with E-state index in [1.165, 1.54) is 19.3 Å². The van der Waals surface area contributed by atoms with E-state index < -0.39 is 0 Å². The van der Waals surface area contributed by atoms with Crippen LogP contribution in [0.25, 0.3) is 0 Å². The van der Waals surface area contributed by atoms with Crippen molar-refractivity contribution in [1.29, 1.82) is 0 Å². The molecule has 0 bridgehead atoms. The van der Waals surface area contributed by atoms with Crippen LogP contribution in [0.4, 0.5) is 0 Å². The smallest absolute Gasteiger partial charge is 0.255 e. The first-order valence-electron chi connectivity index (χ1n) is 7.55. The Morgan fingerprint density at radius 2 is 2.05 bits per heavy atom.